The topological polar surface area (TPSA) is 84.5 Å². The number of halogens is 1. The van der Waals surface area contributed by atoms with Gasteiger partial charge in [-0.3, -0.25) is 14.4 Å². The zero-order valence-electron chi connectivity index (χ0n) is 17.4. The summed E-state index contributed by atoms with van der Waals surface area (Å²) in [5, 5.41) is 1.15. The third-order valence-electron chi connectivity index (χ3n) is 4.26. The molecule has 0 radical (unpaired) electrons. The van der Waals surface area contributed by atoms with Crippen LogP contribution in [0, 0.1) is 0 Å². The van der Waals surface area contributed by atoms with Crippen molar-refractivity contribution >= 4 is 33.9 Å². The van der Waals surface area contributed by atoms with Gasteiger partial charge in [0, 0.05) is 6.20 Å². The molecule has 0 aliphatic rings. The van der Waals surface area contributed by atoms with Gasteiger partial charge in [-0.05, 0) is 48.3 Å². The van der Waals surface area contributed by atoms with Gasteiger partial charge in [0.05, 0.1) is 31.0 Å². The molecule has 0 atom stereocenters. The second kappa shape index (κ2) is 10.9. The van der Waals surface area contributed by atoms with E-state index in [9.17, 15) is 9.59 Å². The lowest BCUT2D eigenvalue weighted by molar-refractivity contribution is -0.166. The number of amides is 1. The Morgan fingerprint density at radius 1 is 1.30 bits per heavy atom. The first-order chi connectivity index (χ1) is 14.3. The van der Waals surface area contributed by atoms with Crippen molar-refractivity contribution in [3.05, 3.63) is 70.9 Å². The van der Waals surface area contributed by atoms with Gasteiger partial charge in [0.25, 0.3) is 5.91 Å². The highest BCUT2D eigenvalue weighted by Gasteiger charge is 2.35. The maximum absolute atomic E-state index is 12.7. The number of hydrogen-bond acceptors (Lipinski definition) is 5. The molecule has 30 heavy (non-hydrogen) atoms. The van der Waals surface area contributed by atoms with Crippen LogP contribution in [0.1, 0.15) is 37.7 Å². The van der Waals surface area contributed by atoms with E-state index in [1.54, 1.807) is 32.9 Å². The molecule has 0 bridgehead atoms. The van der Waals surface area contributed by atoms with Crippen LogP contribution in [0.15, 0.2) is 53.9 Å². The number of aromatic nitrogens is 2. The molecule has 1 heterocycles. The molecule has 7 nitrogen and oxygen atoms in total. The second-order valence-electron chi connectivity index (χ2n) is 6.92. The Balaban J connectivity index is 2.28. The second-order valence-corrected chi connectivity index (χ2v) is 7.67. The number of nitrogens with zero attached hydrogens (tertiary/aromatic N) is 2. The molecule has 0 saturated heterocycles. The zero-order chi connectivity index (χ0) is 22.1. The number of aromatic amines is 1. The Morgan fingerprint density at radius 2 is 2.00 bits per heavy atom. The smallest absolute Gasteiger partial charge is 0.317 e. The lowest BCUT2D eigenvalue weighted by atomic mass is 9.88. The highest BCUT2D eigenvalue weighted by atomic mass is 79.9. The van der Waals surface area contributed by atoms with Gasteiger partial charge in [-0.25, -0.2) is 4.98 Å². The molecule has 8 heteroatoms. The lowest BCUT2D eigenvalue weighted by Crippen LogP contribution is -2.32. The summed E-state index contributed by atoms with van der Waals surface area (Å²) < 4.78 is 5.64. The monoisotopic (exact) mass is 475 g/mol. The van der Waals surface area contributed by atoms with Crippen molar-refractivity contribution in [3.63, 3.8) is 0 Å². The van der Waals surface area contributed by atoms with Gasteiger partial charge in [0.15, 0.2) is 4.73 Å². The van der Waals surface area contributed by atoms with E-state index in [2.05, 4.69) is 32.5 Å². The van der Waals surface area contributed by atoms with Crippen LogP contribution in [0.2, 0.25) is 0 Å². The first-order valence-electron chi connectivity index (χ1n) is 9.50. The van der Waals surface area contributed by atoms with Crippen molar-refractivity contribution in [1.29, 1.82) is 0 Å². The molecule has 0 unspecified atom stereocenters. The molecule has 160 valence electrons. The number of hydrogen-bond donors (Lipinski definition) is 1. The Bertz CT molecular complexity index is 906. The van der Waals surface area contributed by atoms with Crippen LogP contribution >= 0.6 is 15.9 Å². The molecule has 1 aromatic carbocycles. The van der Waals surface area contributed by atoms with E-state index in [0.717, 1.165) is 10.6 Å². The van der Waals surface area contributed by atoms with Gasteiger partial charge in [-0.15, -0.1) is 6.58 Å². The number of ether oxygens (including phenoxy) is 1. The minimum atomic E-state index is -0.963. The molecular formula is C22H26BrN3O4. The largest absolute Gasteiger partial charge is 0.465 e. The van der Waals surface area contributed by atoms with E-state index in [-0.39, 0.29) is 31.5 Å². The highest BCUT2D eigenvalue weighted by Crippen LogP contribution is 2.28. The number of hydroxylamine groups is 2. The standard InChI is InChI=1S/C22H26BrN3O4/c1-5-14-30-26(18(27)15-16-10-8-7-9-11-16)13-12-17-19(25-21(23)24-17)22(3,4)20(28)29-6-2/h5,7-13H,1,6,14-15H2,2-4H3,(H,24,25)/b13-12+. The summed E-state index contributed by atoms with van der Waals surface area (Å²) in [7, 11) is 0. The molecular weight excluding hydrogens is 450 g/mol. The van der Waals surface area contributed by atoms with Crippen LogP contribution < -0.4 is 0 Å². The predicted molar refractivity (Wildman–Crippen MR) is 118 cm³/mol. The average molecular weight is 476 g/mol. The number of rotatable bonds is 10. The first-order valence-corrected chi connectivity index (χ1v) is 10.3. The van der Waals surface area contributed by atoms with Crippen LogP contribution in [0.5, 0.6) is 0 Å². The minimum absolute atomic E-state index is 0.163. The molecule has 0 aliphatic heterocycles. The Kier molecular flexibility index (Phi) is 8.56. The third kappa shape index (κ3) is 6.14. The predicted octanol–water partition coefficient (Wildman–Crippen LogP) is 4.17. The number of imidazole rings is 1. The van der Waals surface area contributed by atoms with E-state index >= 15 is 0 Å². The fourth-order valence-electron chi connectivity index (χ4n) is 2.69. The van der Waals surface area contributed by atoms with E-state index < -0.39 is 5.41 Å². The summed E-state index contributed by atoms with van der Waals surface area (Å²) in [6.45, 7) is 9.30. The van der Waals surface area contributed by atoms with E-state index in [4.69, 9.17) is 9.57 Å². The van der Waals surface area contributed by atoms with Gasteiger partial charge in [0.2, 0.25) is 0 Å². The van der Waals surface area contributed by atoms with Gasteiger partial charge in [-0.2, -0.15) is 5.06 Å². The molecule has 0 aliphatic carbocycles. The molecule has 1 aromatic heterocycles. The van der Waals surface area contributed by atoms with Crippen LogP contribution in [0.25, 0.3) is 6.08 Å². The number of esters is 1. The number of H-pyrrole nitrogens is 1. The number of nitrogens with one attached hydrogen (secondary N) is 1. The first kappa shape index (κ1) is 23.6. The minimum Gasteiger partial charge on any atom is -0.465 e. The summed E-state index contributed by atoms with van der Waals surface area (Å²) in [5.41, 5.74) is 0.952. The quantitative estimate of drug-likeness (QED) is 0.316. The number of carbonyl (C=O) groups is 2. The Hall–Kier alpha value is -2.71. The molecule has 0 saturated carbocycles. The molecule has 0 spiro atoms. The zero-order valence-corrected chi connectivity index (χ0v) is 18.9. The maximum Gasteiger partial charge on any atom is 0.317 e. The molecule has 2 rings (SSSR count). The van der Waals surface area contributed by atoms with Crippen molar-refractivity contribution in [2.24, 2.45) is 0 Å². The van der Waals surface area contributed by atoms with E-state index in [1.807, 2.05) is 30.3 Å². The molecule has 1 amide bonds. The van der Waals surface area contributed by atoms with Crippen LogP contribution in [-0.2, 0) is 31.0 Å². The third-order valence-corrected chi connectivity index (χ3v) is 4.63. The van der Waals surface area contributed by atoms with Crippen molar-refractivity contribution in [1.82, 2.24) is 15.0 Å². The summed E-state index contributed by atoms with van der Waals surface area (Å²) in [6.07, 6.45) is 4.83. The van der Waals surface area contributed by atoms with Crippen LogP contribution in [-0.4, -0.2) is 40.1 Å². The fraction of sp³-hybridized carbons (Fsp3) is 0.318. The lowest BCUT2D eigenvalue weighted by Gasteiger charge is -2.22. The Morgan fingerprint density at radius 3 is 2.63 bits per heavy atom. The molecule has 0 fully saturated rings. The van der Waals surface area contributed by atoms with Gasteiger partial charge < -0.3 is 9.72 Å². The Labute approximate surface area is 184 Å². The van der Waals surface area contributed by atoms with Crippen molar-refractivity contribution in [2.45, 2.75) is 32.6 Å². The summed E-state index contributed by atoms with van der Waals surface area (Å²) in [4.78, 5) is 38.1. The van der Waals surface area contributed by atoms with E-state index in [1.165, 1.54) is 6.20 Å². The SMILES string of the molecule is C=CCON(/C=C/c1nc(Br)[nH]c1C(C)(C)C(=O)OCC)C(=O)Cc1ccccc1. The summed E-state index contributed by atoms with van der Waals surface area (Å²) in [5.74, 6) is -0.629. The van der Waals surface area contributed by atoms with Gasteiger partial charge in [0.1, 0.15) is 5.41 Å². The van der Waals surface area contributed by atoms with Crippen LogP contribution in [0.3, 0.4) is 0 Å². The molecule has 1 N–H and O–H groups in total. The van der Waals surface area contributed by atoms with Crippen molar-refractivity contribution in [2.75, 3.05) is 13.2 Å². The normalized spacial score (nSPS) is 11.5. The van der Waals surface area contributed by atoms with Crippen molar-refractivity contribution in [3.8, 4) is 0 Å². The van der Waals surface area contributed by atoms with Gasteiger partial charge >= 0.3 is 5.97 Å². The van der Waals surface area contributed by atoms with Crippen molar-refractivity contribution < 1.29 is 19.2 Å². The summed E-state index contributed by atoms with van der Waals surface area (Å²) in [6, 6.07) is 9.38. The summed E-state index contributed by atoms with van der Waals surface area (Å²) >= 11 is 3.31. The van der Waals surface area contributed by atoms with E-state index in [0.29, 0.717) is 16.1 Å². The molecule has 2 aromatic rings. The number of benzene rings is 1. The maximum atomic E-state index is 12.7. The van der Waals surface area contributed by atoms with Gasteiger partial charge in [-0.1, -0.05) is 36.4 Å². The fourth-order valence-corrected chi connectivity index (χ4v) is 3.07. The highest BCUT2D eigenvalue weighted by molar-refractivity contribution is 9.10. The average Bonchev–Trinajstić information content (AvgIpc) is 3.10. The number of carbonyl (C=O) groups excluding carboxylic acids is 2. The van der Waals surface area contributed by atoms with Crippen LogP contribution in [0.4, 0.5) is 0 Å².